The summed E-state index contributed by atoms with van der Waals surface area (Å²) in [5.41, 5.74) is 0.0502. The molecule has 168 valence electrons. The van der Waals surface area contributed by atoms with Crippen molar-refractivity contribution in [3.8, 4) is 0 Å². The molecule has 30 heavy (non-hydrogen) atoms. The maximum absolute atomic E-state index is 13.1. The van der Waals surface area contributed by atoms with Crippen LogP contribution in [0.4, 0.5) is 4.79 Å². The molecule has 0 bridgehead atoms. The molecule has 11 heteroatoms. The first-order chi connectivity index (χ1) is 13.6. The molecule has 2 rings (SSSR count). The van der Waals surface area contributed by atoms with E-state index < -0.39 is 45.6 Å². The molecule has 1 N–H and O–H groups in total. The van der Waals surface area contributed by atoms with E-state index in [2.05, 4.69) is 0 Å². The van der Waals surface area contributed by atoms with Crippen LogP contribution in [0.15, 0.2) is 18.2 Å². The van der Waals surface area contributed by atoms with Crippen molar-refractivity contribution in [3.63, 3.8) is 0 Å². The summed E-state index contributed by atoms with van der Waals surface area (Å²) in [5, 5.41) is 10.2. The number of nitrogens with zero attached hydrogens (tertiary/aromatic N) is 2. The van der Waals surface area contributed by atoms with E-state index in [1.54, 1.807) is 18.2 Å². The van der Waals surface area contributed by atoms with Crippen molar-refractivity contribution in [2.75, 3.05) is 26.4 Å². The number of hydrogen-bond acceptors (Lipinski definition) is 5. The van der Waals surface area contributed by atoms with Crippen molar-refractivity contribution in [1.82, 2.24) is 9.21 Å². The molecule has 0 aliphatic carbocycles. The molecule has 1 aromatic carbocycles. The van der Waals surface area contributed by atoms with Crippen molar-refractivity contribution in [3.05, 3.63) is 33.8 Å². The zero-order valence-electron chi connectivity index (χ0n) is 17.4. The molecule has 8 nitrogen and oxygen atoms in total. The minimum atomic E-state index is -3.85. The van der Waals surface area contributed by atoms with Crippen LogP contribution in [-0.2, 0) is 19.6 Å². The maximum Gasteiger partial charge on any atom is 0.407 e. The Labute approximate surface area is 186 Å². The van der Waals surface area contributed by atoms with E-state index in [9.17, 15) is 23.1 Å². The highest BCUT2D eigenvalue weighted by atomic mass is 35.5. The molecule has 0 saturated carbocycles. The summed E-state index contributed by atoms with van der Waals surface area (Å²) in [6, 6.07) is 4.73. The molecule has 1 aliphatic heterocycles. The number of carbonyl (C=O) groups is 2. The second kappa shape index (κ2) is 8.90. The van der Waals surface area contributed by atoms with Gasteiger partial charge in [-0.2, -0.15) is 0 Å². The Kier molecular flexibility index (Phi) is 7.33. The fourth-order valence-electron chi connectivity index (χ4n) is 3.16. The van der Waals surface area contributed by atoms with Gasteiger partial charge in [0.1, 0.15) is 0 Å². The van der Waals surface area contributed by atoms with E-state index >= 15 is 0 Å². The van der Waals surface area contributed by atoms with Crippen LogP contribution in [0.5, 0.6) is 0 Å². The lowest BCUT2D eigenvalue weighted by molar-refractivity contribution is -0.138. The minimum Gasteiger partial charge on any atom is -0.465 e. The lowest BCUT2D eigenvalue weighted by atomic mass is 9.88. The fraction of sp³-hybridized carbons (Fsp3) is 0.579. The van der Waals surface area contributed by atoms with E-state index in [-0.39, 0.29) is 18.1 Å². The molecule has 3 atom stereocenters. The zero-order valence-corrected chi connectivity index (χ0v) is 19.8. The predicted octanol–water partition coefficient (Wildman–Crippen LogP) is 3.49. The van der Waals surface area contributed by atoms with Crippen LogP contribution < -0.4 is 0 Å². The van der Waals surface area contributed by atoms with Gasteiger partial charge in [0.25, 0.3) is 0 Å². The average molecular weight is 481 g/mol. The van der Waals surface area contributed by atoms with Gasteiger partial charge in [-0.25, -0.2) is 17.5 Å². The van der Waals surface area contributed by atoms with Crippen LogP contribution in [0.1, 0.15) is 32.4 Å². The first kappa shape index (κ1) is 24.7. The topological polar surface area (TPSA) is 104 Å². The van der Waals surface area contributed by atoms with Crippen LogP contribution in [0, 0.1) is 11.3 Å². The van der Waals surface area contributed by atoms with Gasteiger partial charge in [0.05, 0.1) is 41.0 Å². The van der Waals surface area contributed by atoms with Crippen LogP contribution in [0.2, 0.25) is 10.0 Å². The van der Waals surface area contributed by atoms with Gasteiger partial charge >= 0.3 is 6.09 Å². The molecule has 1 unspecified atom stereocenters. The Morgan fingerprint density at radius 1 is 1.20 bits per heavy atom. The first-order valence-corrected chi connectivity index (χ1v) is 11.8. The highest BCUT2D eigenvalue weighted by molar-refractivity contribution is 7.88. The van der Waals surface area contributed by atoms with E-state index in [0.29, 0.717) is 14.9 Å². The van der Waals surface area contributed by atoms with Crippen molar-refractivity contribution >= 4 is 45.2 Å². The summed E-state index contributed by atoms with van der Waals surface area (Å²) in [5.74, 6) is -1.88. The SMILES string of the molecule is CN(C(=O)[C@@H]1CN(C(=O)O)CC(C(C)(C)C)O[C@H]1c1ccc(Cl)c(Cl)c1)S(C)(=O)=O. The van der Waals surface area contributed by atoms with Crippen LogP contribution in [0.3, 0.4) is 0 Å². The molecule has 1 aliphatic rings. The Morgan fingerprint density at radius 3 is 2.27 bits per heavy atom. The molecule has 2 amide bonds. The predicted molar refractivity (Wildman–Crippen MR) is 114 cm³/mol. The molecular weight excluding hydrogens is 455 g/mol. The summed E-state index contributed by atoms with van der Waals surface area (Å²) in [6.45, 7) is 5.49. The molecule has 0 aromatic heterocycles. The number of sulfonamides is 1. The molecular formula is C19H26Cl2N2O6S. The minimum absolute atomic E-state index is 0.0308. The van der Waals surface area contributed by atoms with Gasteiger partial charge < -0.3 is 14.7 Å². The average Bonchev–Trinajstić information content (AvgIpc) is 2.82. The number of benzene rings is 1. The number of rotatable bonds is 3. The van der Waals surface area contributed by atoms with Gasteiger partial charge in [0.15, 0.2) is 0 Å². The normalized spacial score (nSPS) is 23.0. The third kappa shape index (κ3) is 5.57. The van der Waals surface area contributed by atoms with Gasteiger partial charge in [-0.15, -0.1) is 0 Å². The van der Waals surface area contributed by atoms with Crippen LogP contribution in [-0.4, -0.2) is 67.2 Å². The summed E-state index contributed by atoms with van der Waals surface area (Å²) in [7, 11) is -2.71. The maximum atomic E-state index is 13.1. The third-order valence-corrected chi connectivity index (χ3v) is 7.03. The summed E-state index contributed by atoms with van der Waals surface area (Å²) < 4.78 is 30.9. The first-order valence-electron chi connectivity index (χ1n) is 9.19. The van der Waals surface area contributed by atoms with E-state index in [0.717, 1.165) is 18.2 Å². The van der Waals surface area contributed by atoms with Crippen molar-refractivity contribution in [2.24, 2.45) is 11.3 Å². The van der Waals surface area contributed by atoms with Crippen LogP contribution in [0.25, 0.3) is 0 Å². The Hall–Kier alpha value is -1.55. The van der Waals surface area contributed by atoms with Gasteiger partial charge in [-0.05, 0) is 23.1 Å². The van der Waals surface area contributed by atoms with E-state index in [1.165, 1.54) is 0 Å². The lowest BCUT2D eigenvalue weighted by Gasteiger charge is -2.34. The van der Waals surface area contributed by atoms with E-state index in [4.69, 9.17) is 27.9 Å². The molecule has 1 saturated heterocycles. The number of amides is 2. The van der Waals surface area contributed by atoms with Crippen molar-refractivity contribution < 1.29 is 27.9 Å². The quantitative estimate of drug-likeness (QED) is 0.709. The molecule has 1 fully saturated rings. The summed E-state index contributed by atoms with van der Waals surface area (Å²) in [4.78, 5) is 26.1. The van der Waals surface area contributed by atoms with Gasteiger partial charge in [-0.3, -0.25) is 4.79 Å². The number of carbonyl (C=O) groups excluding carboxylic acids is 1. The summed E-state index contributed by atoms with van der Waals surface area (Å²) >= 11 is 12.2. The van der Waals surface area contributed by atoms with Crippen LogP contribution >= 0.6 is 23.2 Å². The molecule has 0 radical (unpaired) electrons. The number of hydrogen-bond donors (Lipinski definition) is 1. The third-order valence-electron chi connectivity index (χ3n) is 5.11. The zero-order chi connectivity index (χ0) is 23.0. The number of ether oxygens (including phenoxy) is 1. The largest absolute Gasteiger partial charge is 0.465 e. The molecule has 1 heterocycles. The standard InChI is InChI=1S/C19H26Cl2N2O6S/c1-19(2,3)15-10-23(18(25)26)9-12(17(24)22(4)30(5,27)28)16(29-15)11-6-7-13(20)14(21)8-11/h6-8,12,15-16H,9-10H2,1-5H3,(H,25,26)/t12-,15?,16+/m1/s1. The van der Waals surface area contributed by atoms with Crippen molar-refractivity contribution in [1.29, 1.82) is 0 Å². The number of halogens is 2. The highest BCUT2D eigenvalue weighted by Crippen LogP contribution is 2.39. The summed E-state index contributed by atoms with van der Waals surface area (Å²) in [6.07, 6.45) is -1.80. The van der Waals surface area contributed by atoms with E-state index in [1.807, 2.05) is 20.8 Å². The second-order valence-corrected chi connectivity index (χ2v) is 11.3. The van der Waals surface area contributed by atoms with Gasteiger partial charge in [-0.1, -0.05) is 50.0 Å². The van der Waals surface area contributed by atoms with Crippen molar-refractivity contribution in [2.45, 2.75) is 33.0 Å². The highest BCUT2D eigenvalue weighted by Gasteiger charge is 2.44. The lowest BCUT2D eigenvalue weighted by Crippen LogP contribution is -2.45. The molecule has 1 aromatic rings. The van der Waals surface area contributed by atoms with Gasteiger partial charge in [0, 0.05) is 13.6 Å². The van der Waals surface area contributed by atoms with Gasteiger partial charge in [0.2, 0.25) is 15.9 Å². The smallest absolute Gasteiger partial charge is 0.407 e. The second-order valence-electron chi connectivity index (χ2n) is 8.45. The molecule has 0 spiro atoms. The fourth-order valence-corrected chi connectivity index (χ4v) is 3.93. The Balaban J connectivity index is 2.62. The number of carboxylic acid groups (broad SMARTS) is 1. The Bertz CT molecular complexity index is 931. The Morgan fingerprint density at radius 2 is 1.80 bits per heavy atom. The monoisotopic (exact) mass is 480 g/mol.